The Bertz CT molecular complexity index is 683. The smallest absolute Gasteiger partial charge is 0.226 e. The van der Waals surface area contributed by atoms with E-state index in [0.717, 1.165) is 34.7 Å². The molecule has 0 saturated carbocycles. The van der Waals surface area contributed by atoms with Crippen LogP contribution in [0.25, 0.3) is 0 Å². The van der Waals surface area contributed by atoms with E-state index in [1.807, 2.05) is 50.2 Å². The van der Waals surface area contributed by atoms with Crippen LogP contribution in [0.2, 0.25) is 0 Å². The number of amides is 1. The first kappa shape index (κ1) is 17.9. The van der Waals surface area contributed by atoms with Gasteiger partial charge in [-0.2, -0.15) is 0 Å². The van der Waals surface area contributed by atoms with E-state index in [-0.39, 0.29) is 5.91 Å². The molecule has 0 aliphatic carbocycles. The highest BCUT2D eigenvalue weighted by molar-refractivity contribution is 5.92. The van der Waals surface area contributed by atoms with Crippen LogP contribution in [0.3, 0.4) is 0 Å². The van der Waals surface area contributed by atoms with E-state index >= 15 is 0 Å². The summed E-state index contributed by atoms with van der Waals surface area (Å²) in [5.74, 6) is 0.827. The molecule has 24 heavy (non-hydrogen) atoms. The van der Waals surface area contributed by atoms with Gasteiger partial charge >= 0.3 is 0 Å². The lowest BCUT2D eigenvalue weighted by Gasteiger charge is -2.14. The third-order valence-electron chi connectivity index (χ3n) is 3.86. The lowest BCUT2D eigenvalue weighted by atomic mass is 10.1. The minimum absolute atomic E-state index is 0.0143. The number of carbonyl (C=O) groups excluding carboxylic acids is 1. The van der Waals surface area contributed by atoms with Crippen molar-refractivity contribution in [3.8, 4) is 5.75 Å². The second-order valence-electron chi connectivity index (χ2n) is 5.62. The van der Waals surface area contributed by atoms with Gasteiger partial charge in [-0.05, 0) is 43.5 Å². The van der Waals surface area contributed by atoms with Gasteiger partial charge in [0.1, 0.15) is 5.75 Å². The average molecular weight is 326 g/mol. The Hall–Kier alpha value is -2.49. The zero-order valence-corrected chi connectivity index (χ0v) is 14.7. The number of hydrogen-bond acceptors (Lipinski definition) is 3. The van der Waals surface area contributed by atoms with Gasteiger partial charge < -0.3 is 15.4 Å². The number of aryl methyl sites for hydroxylation is 2. The Labute approximate surface area is 144 Å². The molecule has 2 rings (SSSR count). The number of carbonyl (C=O) groups is 1. The average Bonchev–Trinajstić information content (AvgIpc) is 2.58. The lowest BCUT2D eigenvalue weighted by Crippen LogP contribution is -2.18. The minimum atomic E-state index is 0.0143. The molecular weight excluding hydrogens is 300 g/mol. The molecule has 0 radical (unpaired) electrons. The molecule has 0 fully saturated rings. The number of para-hydroxylation sites is 3. The fraction of sp³-hybridized carbons (Fsp3) is 0.350. The van der Waals surface area contributed by atoms with Gasteiger partial charge in [0, 0.05) is 18.7 Å². The molecule has 0 bridgehead atoms. The van der Waals surface area contributed by atoms with Gasteiger partial charge in [-0.25, -0.2) is 0 Å². The van der Waals surface area contributed by atoms with Crippen LogP contribution in [-0.4, -0.2) is 19.1 Å². The zero-order valence-electron chi connectivity index (χ0n) is 14.7. The molecule has 2 aromatic carbocycles. The van der Waals surface area contributed by atoms with Gasteiger partial charge in [-0.15, -0.1) is 0 Å². The summed E-state index contributed by atoms with van der Waals surface area (Å²) in [6.45, 7) is 7.25. The predicted octanol–water partition coefficient (Wildman–Crippen LogP) is 4.40. The van der Waals surface area contributed by atoms with E-state index in [1.165, 1.54) is 0 Å². The number of rotatable bonds is 8. The quantitative estimate of drug-likeness (QED) is 0.756. The maximum absolute atomic E-state index is 12.3. The van der Waals surface area contributed by atoms with Crippen LogP contribution in [-0.2, 0) is 11.2 Å². The number of hydrogen-bond donors (Lipinski definition) is 2. The second kappa shape index (κ2) is 8.96. The molecule has 0 unspecified atom stereocenters. The first-order valence-corrected chi connectivity index (χ1v) is 8.49. The van der Waals surface area contributed by atoms with E-state index in [0.29, 0.717) is 19.6 Å². The summed E-state index contributed by atoms with van der Waals surface area (Å²) in [6.07, 6.45) is 1.30. The van der Waals surface area contributed by atoms with Crippen LogP contribution in [0.15, 0.2) is 42.5 Å². The number of ether oxygens (including phenoxy) is 1. The first-order valence-electron chi connectivity index (χ1n) is 8.49. The van der Waals surface area contributed by atoms with E-state index in [9.17, 15) is 4.79 Å². The van der Waals surface area contributed by atoms with Crippen LogP contribution >= 0.6 is 0 Å². The van der Waals surface area contributed by atoms with Gasteiger partial charge in [-0.1, -0.05) is 37.3 Å². The van der Waals surface area contributed by atoms with Gasteiger partial charge in [0.2, 0.25) is 5.91 Å². The highest BCUT2D eigenvalue weighted by Gasteiger charge is 2.09. The van der Waals surface area contributed by atoms with Crippen LogP contribution < -0.4 is 15.4 Å². The van der Waals surface area contributed by atoms with Gasteiger partial charge in [0.15, 0.2) is 0 Å². The predicted molar refractivity (Wildman–Crippen MR) is 99.9 cm³/mol. The van der Waals surface area contributed by atoms with Crippen molar-refractivity contribution < 1.29 is 9.53 Å². The van der Waals surface area contributed by atoms with Crippen LogP contribution in [0.5, 0.6) is 5.75 Å². The Balaban J connectivity index is 1.91. The highest BCUT2D eigenvalue weighted by Crippen LogP contribution is 2.24. The molecule has 0 aliphatic rings. The minimum Gasteiger partial charge on any atom is -0.492 e. The molecule has 0 atom stereocenters. The Morgan fingerprint density at radius 1 is 1.08 bits per heavy atom. The van der Waals surface area contributed by atoms with Crippen molar-refractivity contribution in [1.29, 1.82) is 0 Å². The Morgan fingerprint density at radius 3 is 2.62 bits per heavy atom. The van der Waals surface area contributed by atoms with Crippen molar-refractivity contribution in [3.05, 3.63) is 53.6 Å². The van der Waals surface area contributed by atoms with Gasteiger partial charge in [0.25, 0.3) is 0 Å². The monoisotopic (exact) mass is 326 g/mol. The molecule has 0 aromatic heterocycles. The molecular formula is C20H26N2O2. The van der Waals surface area contributed by atoms with Crippen LogP contribution in [0, 0.1) is 6.92 Å². The molecule has 0 aliphatic heterocycles. The van der Waals surface area contributed by atoms with E-state index in [4.69, 9.17) is 4.74 Å². The highest BCUT2D eigenvalue weighted by atomic mass is 16.5. The maximum Gasteiger partial charge on any atom is 0.226 e. The fourth-order valence-corrected chi connectivity index (χ4v) is 2.61. The second-order valence-corrected chi connectivity index (χ2v) is 5.62. The summed E-state index contributed by atoms with van der Waals surface area (Å²) in [4.78, 5) is 12.3. The van der Waals surface area contributed by atoms with Crippen molar-refractivity contribution >= 4 is 17.3 Å². The Kier molecular flexibility index (Phi) is 6.67. The largest absolute Gasteiger partial charge is 0.492 e. The van der Waals surface area contributed by atoms with Gasteiger partial charge in [-0.3, -0.25) is 4.79 Å². The molecule has 2 N–H and O–H groups in total. The summed E-state index contributed by atoms with van der Waals surface area (Å²) in [6, 6.07) is 13.9. The number of nitrogens with one attached hydrogen (secondary N) is 2. The normalized spacial score (nSPS) is 10.3. The van der Waals surface area contributed by atoms with Gasteiger partial charge in [0.05, 0.1) is 12.3 Å². The number of benzene rings is 2. The molecule has 0 spiro atoms. The van der Waals surface area contributed by atoms with Crippen LogP contribution in [0.1, 0.15) is 31.4 Å². The van der Waals surface area contributed by atoms with Crippen molar-refractivity contribution in [2.75, 3.05) is 23.8 Å². The molecule has 0 saturated heterocycles. The first-order chi connectivity index (χ1) is 11.7. The Morgan fingerprint density at radius 2 is 1.88 bits per heavy atom. The van der Waals surface area contributed by atoms with Crippen molar-refractivity contribution in [1.82, 2.24) is 0 Å². The van der Waals surface area contributed by atoms with E-state index in [1.54, 1.807) is 0 Å². The summed E-state index contributed by atoms with van der Waals surface area (Å²) in [5.41, 5.74) is 4.12. The SMILES string of the molecule is CCOc1ccccc1NCCC(=O)Nc1c(C)cccc1CC. The molecule has 4 nitrogen and oxygen atoms in total. The molecule has 1 amide bonds. The topological polar surface area (TPSA) is 50.4 Å². The van der Waals surface area contributed by atoms with E-state index < -0.39 is 0 Å². The standard InChI is InChI=1S/C20H26N2O2/c1-4-16-10-8-9-15(3)20(16)22-19(23)13-14-21-17-11-6-7-12-18(17)24-5-2/h6-12,21H,4-5,13-14H2,1-3H3,(H,22,23). The molecule has 128 valence electrons. The van der Waals surface area contributed by atoms with E-state index in [2.05, 4.69) is 23.6 Å². The van der Waals surface area contributed by atoms with Crippen molar-refractivity contribution in [2.45, 2.75) is 33.6 Å². The molecule has 2 aromatic rings. The molecule has 4 heteroatoms. The van der Waals surface area contributed by atoms with Crippen molar-refractivity contribution in [3.63, 3.8) is 0 Å². The number of anilines is 2. The third kappa shape index (κ3) is 4.75. The third-order valence-corrected chi connectivity index (χ3v) is 3.86. The van der Waals surface area contributed by atoms with Crippen LogP contribution in [0.4, 0.5) is 11.4 Å². The summed E-state index contributed by atoms with van der Waals surface area (Å²) in [7, 11) is 0. The lowest BCUT2D eigenvalue weighted by molar-refractivity contribution is -0.115. The zero-order chi connectivity index (χ0) is 17.4. The summed E-state index contributed by atoms with van der Waals surface area (Å²) in [5, 5.41) is 6.32. The summed E-state index contributed by atoms with van der Waals surface area (Å²) < 4.78 is 5.57. The maximum atomic E-state index is 12.3. The van der Waals surface area contributed by atoms with Crippen molar-refractivity contribution in [2.24, 2.45) is 0 Å². The molecule has 0 heterocycles. The summed E-state index contributed by atoms with van der Waals surface area (Å²) >= 11 is 0. The fourth-order valence-electron chi connectivity index (χ4n) is 2.61.